The first-order valence-electron chi connectivity index (χ1n) is 14.7. The number of Topliss-reactive ketones (excluding diaryl/α,β-unsaturated/α-hetero) is 1. The minimum Gasteiger partial charge on any atom is -0.444 e. The van der Waals surface area contributed by atoms with E-state index in [1.807, 2.05) is 32.9 Å². The largest absolute Gasteiger partial charge is 0.444 e. The third-order valence-corrected chi connectivity index (χ3v) is 8.79. The van der Waals surface area contributed by atoms with Crippen molar-refractivity contribution in [3.8, 4) is 0 Å². The van der Waals surface area contributed by atoms with Crippen molar-refractivity contribution in [1.82, 2.24) is 14.7 Å². The van der Waals surface area contributed by atoms with Crippen LogP contribution in [0.5, 0.6) is 0 Å². The lowest BCUT2D eigenvalue weighted by atomic mass is 9.88. The number of piperazine rings is 1. The molecule has 7 nitrogen and oxygen atoms in total. The molecule has 3 fully saturated rings. The maximum absolute atomic E-state index is 13.4. The van der Waals surface area contributed by atoms with Gasteiger partial charge in [-0.1, -0.05) is 24.4 Å². The topological polar surface area (TPSA) is 70.2 Å². The second kappa shape index (κ2) is 12.6. The van der Waals surface area contributed by atoms with E-state index < -0.39 is 5.60 Å². The average molecular weight is 560 g/mol. The molecular formula is C31H46ClN3O4. The van der Waals surface area contributed by atoms with E-state index in [-0.39, 0.29) is 29.8 Å². The number of carbonyl (C=O) groups excluding carboxylic acids is 3. The SMILES string of the molecule is Cc1c(CC(=O)[C@@H]2CCCN(C(=O)OC(C)(C)C)C2)cc(Cl)cc1CN1CCN(C(=O)C2CCCC2)[C@@H](C)C1. The summed E-state index contributed by atoms with van der Waals surface area (Å²) < 4.78 is 5.53. The van der Waals surface area contributed by atoms with E-state index in [0.717, 1.165) is 68.6 Å². The van der Waals surface area contributed by atoms with Crippen LogP contribution in [0.25, 0.3) is 0 Å². The van der Waals surface area contributed by atoms with E-state index in [9.17, 15) is 14.4 Å². The van der Waals surface area contributed by atoms with Gasteiger partial charge in [0, 0.05) is 68.6 Å². The second-order valence-corrected chi connectivity index (χ2v) is 13.3. The van der Waals surface area contributed by atoms with Crippen molar-refractivity contribution >= 4 is 29.4 Å². The third-order valence-electron chi connectivity index (χ3n) is 8.57. The van der Waals surface area contributed by atoms with Gasteiger partial charge in [-0.25, -0.2) is 4.79 Å². The summed E-state index contributed by atoms with van der Waals surface area (Å²) >= 11 is 6.55. The van der Waals surface area contributed by atoms with Crippen molar-refractivity contribution in [3.05, 3.63) is 33.8 Å². The number of halogens is 1. The molecule has 2 aliphatic heterocycles. The Hall–Kier alpha value is -2.12. The lowest BCUT2D eigenvalue weighted by Crippen LogP contribution is -2.54. The van der Waals surface area contributed by atoms with Crippen LogP contribution in [0.1, 0.15) is 82.9 Å². The number of piperidine rings is 1. The Morgan fingerprint density at radius 1 is 0.949 bits per heavy atom. The van der Waals surface area contributed by atoms with Gasteiger partial charge in [0.2, 0.25) is 5.91 Å². The predicted molar refractivity (Wildman–Crippen MR) is 154 cm³/mol. The highest BCUT2D eigenvalue weighted by molar-refractivity contribution is 6.30. The van der Waals surface area contributed by atoms with Gasteiger partial charge >= 0.3 is 6.09 Å². The normalized spacial score (nSPS) is 23.2. The third kappa shape index (κ3) is 7.75. The summed E-state index contributed by atoms with van der Waals surface area (Å²) in [5.74, 6) is 0.508. The first-order valence-corrected chi connectivity index (χ1v) is 15.1. The Morgan fingerprint density at radius 3 is 2.28 bits per heavy atom. The molecule has 2 amide bonds. The number of amides is 2. The number of hydrogen-bond donors (Lipinski definition) is 0. The number of rotatable bonds is 6. The Kier molecular flexibility index (Phi) is 9.64. The molecule has 2 atom stereocenters. The van der Waals surface area contributed by atoms with Crippen LogP contribution in [0, 0.1) is 18.8 Å². The van der Waals surface area contributed by atoms with Gasteiger partial charge in [0.05, 0.1) is 0 Å². The summed E-state index contributed by atoms with van der Waals surface area (Å²) in [4.78, 5) is 45.1. The zero-order valence-corrected chi connectivity index (χ0v) is 25.2. The molecule has 0 spiro atoms. The van der Waals surface area contributed by atoms with Crippen molar-refractivity contribution < 1.29 is 19.1 Å². The Morgan fingerprint density at radius 2 is 1.62 bits per heavy atom. The van der Waals surface area contributed by atoms with Gasteiger partial charge < -0.3 is 14.5 Å². The van der Waals surface area contributed by atoms with E-state index in [0.29, 0.717) is 30.4 Å². The molecular weight excluding hydrogens is 514 g/mol. The van der Waals surface area contributed by atoms with Crippen molar-refractivity contribution in [2.45, 2.75) is 97.8 Å². The minimum absolute atomic E-state index is 0.146. The van der Waals surface area contributed by atoms with Gasteiger partial charge in [0.1, 0.15) is 11.4 Å². The Bertz CT molecular complexity index is 1060. The van der Waals surface area contributed by atoms with Gasteiger partial charge in [-0.05, 0) is 89.1 Å². The van der Waals surface area contributed by atoms with Crippen molar-refractivity contribution in [2.24, 2.45) is 11.8 Å². The summed E-state index contributed by atoms with van der Waals surface area (Å²) in [6, 6.07) is 4.11. The molecule has 8 heteroatoms. The molecule has 1 saturated carbocycles. The van der Waals surface area contributed by atoms with Crippen LogP contribution in [0.15, 0.2) is 12.1 Å². The fourth-order valence-electron chi connectivity index (χ4n) is 6.36. The number of ether oxygens (including phenoxy) is 1. The summed E-state index contributed by atoms with van der Waals surface area (Å²) in [5.41, 5.74) is 2.63. The fraction of sp³-hybridized carbons (Fsp3) is 0.710. The van der Waals surface area contributed by atoms with E-state index in [2.05, 4.69) is 23.6 Å². The number of benzene rings is 1. The monoisotopic (exact) mass is 559 g/mol. The lowest BCUT2D eigenvalue weighted by Gasteiger charge is -2.41. The maximum atomic E-state index is 13.4. The van der Waals surface area contributed by atoms with Gasteiger partial charge in [-0.2, -0.15) is 0 Å². The highest BCUT2D eigenvalue weighted by Gasteiger charge is 2.34. The molecule has 2 saturated heterocycles. The summed E-state index contributed by atoms with van der Waals surface area (Å²) in [6.07, 6.45) is 5.96. The van der Waals surface area contributed by atoms with Gasteiger partial charge in [0.15, 0.2) is 0 Å². The molecule has 0 N–H and O–H groups in total. The Balaban J connectivity index is 1.37. The molecule has 0 aromatic heterocycles. The van der Waals surface area contributed by atoms with Crippen LogP contribution < -0.4 is 0 Å². The number of nitrogens with zero attached hydrogens (tertiary/aromatic N) is 3. The fourth-order valence-corrected chi connectivity index (χ4v) is 6.63. The smallest absolute Gasteiger partial charge is 0.410 e. The number of ketones is 1. The van der Waals surface area contributed by atoms with Crippen molar-refractivity contribution in [1.29, 1.82) is 0 Å². The molecule has 3 aliphatic rings. The zero-order valence-electron chi connectivity index (χ0n) is 24.4. The zero-order chi connectivity index (χ0) is 28.3. The molecule has 1 aliphatic carbocycles. The molecule has 39 heavy (non-hydrogen) atoms. The van der Waals surface area contributed by atoms with Crippen molar-refractivity contribution in [3.63, 3.8) is 0 Å². The minimum atomic E-state index is -0.557. The first kappa shape index (κ1) is 29.9. The first-order chi connectivity index (χ1) is 18.4. The van der Waals surface area contributed by atoms with Crippen LogP contribution in [-0.2, 0) is 27.3 Å². The maximum Gasteiger partial charge on any atom is 0.410 e. The molecule has 0 bridgehead atoms. The standard InChI is InChI=1S/C31H46ClN3O4/c1-21-18-33(13-14-35(21)29(37)23-9-6-7-10-23)19-26-16-27(32)15-25(22(26)2)17-28(36)24-11-8-12-34(20-24)30(38)39-31(3,4)5/h15-16,21,23-24H,6-14,17-20H2,1-5H3/t21-,24+/m0/s1. The number of carbonyl (C=O) groups is 3. The predicted octanol–water partition coefficient (Wildman–Crippen LogP) is 5.63. The van der Waals surface area contributed by atoms with E-state index >= 15 is 0 Å². The molecule has 4 rings (SSSR count). The average Bonchev–Trinajstić information content (AvgIpc) is 3.41. The molecule has 0 unspecified atom stereocenters. The molecule has 1 aromatic carbocycles. The summed E-state index contributed by atoms with van der Waals surface area (Å²) in [6.45, 7) is 14.0. The number of hydrogen-bond acceptors (Lipinski definition) is 5. The molecule has 2 heterocycles. The van der Waals surface area contributed by atoms with Crippen LogP contribution in [-0.4, -0.2) is 76.9 Å². The number of likely N-dealkylation sites (tertiary alicyclic amines) is 1. The van der Waals surface area contributed by atoms with Crippen LogP contribution in [0.2, 0.25) is 5.02 Å². The molecule has 0 radical (unpaired) electrons. The second-order valence-electron chi connectivity index (χ2n) is 12.9. The van der Waals surface area contributed by atoms with Gasteiger partial charge in [-0.15, -0.1) is 0 Å². The highest BCUT2D eigenvalue weighted by Crippen LogP contribution is 2.29. The highest BCUT2D eigenvalue weighted by atomic mass is 35.5. The van der Waals surface area contributed by atoms with E-state index in [1.54, 1.807) is 4.90 Å². The van der Waals surface area contributed by atoms with E-state index in [4.69, 9.17) is 16.3 Å². The van der Waals surface area contributed by atoms with E-state index in [1.165, 1.54) is 12.8 Å². The quantitative estimate of drug-likeness (QED) is 0.452. The molecule has 216 valence electrons. The van der Waals surface area contributed by atoms with Gasteiger partial charge in [-0.3, -0.25) is 14.5 Å². The van der Waals surface area contributed by atoms with Crippen LogP contribution in [0.4, 0.5) is 4.79 Å². The van der Waals surface area contributed by atoms with Gasteiger partial charge in [0.25, 0.3) is 0 Å². The summed E-state index contributed by atoms with van der Waals surface area (Å²) in [5, 5.41) is 0.639. The lowest BCUT2D eigenvalue weighted by molar-refractivity contribution is -0.140. The Labute approximate surface area is 239 Å². The van der Waals surface area contributed by atoms with Crippen molar-refractivity contribution in [2.75, 3.05) is 32.7 Å². The summed E-state index contributed by atoms with van der Waals surface area (Å²) in [7, 11) is 0. The van der Waals surface area contributed by atoms with Crippen LogP contribution >= 0.6 is 11.6 Å². The molecule has 1 aromatic rings. The van der Waals surface area contributed by atoms with Crippen LogP contribution in [0.3, 0.4) is 0 Å².